The molecule has 0 amide bonds. The van der Waals surface area contributed by atoms with Crippen molar-refractivity contribution in [2.75, 3.05) is 4.90 Å². The second-order valence-electron chi connectivity index (χ2n) is 15.3. The average Bonchev–Trinajstić information content (AvgIpc) is 3.77. The molecular formula is C58H39NO. The van der Waals surface area contributed by atoms with E-state index in [9.17, 15) is 0 Å². The molecule has 1 aromatic heterocycles. The molecule has 0 atom stereocenters. The van der Waals surface area contributed by atoms with Gasteiger partial charge in [0.15, 0.2) is 0 Å². The molecule has 11 aromatic rings. The summed E-state index contributed by atoms with van der Waals surface area (Å²) < 4.78 is 6.17. The van der Waals surface area contributed by atoms with Gasteiger partial charge in [0.25, 0.3) is 0 Å². The van der Waals surface area contributed by atoms with Gasteiger partial charge in [0, 0.05) is 27.7 Å². The molecule has 1 heterocycles. The van der Waals surface area contributed by atoms with E-state index in [1.807, 2.05) is 18.2 Å². The molecule has 2 heteroatoms. The lowest BCUT2D eigenvalue weighted by Crippen LogP contribution is -2.10. The average molecular weight is 766 g/mol. The Morgan fingerprint density at radius 3 is 1.37 bits per heavy atom. The van der Waals surface area contributed by atoms with Gasteiger partial charge in [-0.2, -0.15) is 0 Å². The first kappa shape index (κ1) is 35.2. The molecule has 0 spiro atoms. The van der Waals surface area contributed by atoms with Gasteiger partial charge in [-0.1, -0.05) is 188 Å². The lowest BCUT2D eigenvalue weighted by atomic mass is 9.96. The van der Waals surface area contributed by atoms with Crippen LogP contribution >= 0.6 is 0 Å². The topological polar surface area (TPSA) is 16.4 Å². The summed E-state index contributed by atoms with van der Waals surface area (Å²) in [5, 5.41) is 6.06. The van der Waals surface area contributed by atoms with E-state index in [0.717, 1.165) is 44.9 Å². The molecule has 0 saturated carbocycles. The highest BCUT2D eigenvalue weighted by Crippen LogP contribution is 2.41. The number of hydrogen-bond acceptors (Lipinski definition) is 2. The van der Waals surface area contributed by atoms with Gasteiger partial charge >= 0.3 is 0 Å². The summed E-state index contributed by atoms with van der Waals surface area (Å²) in [7, 11) is 0. The highest BCUT2D eigenvalue weighted by molar-refractivity contribution is 6.00. The molecule has 0 saturated heterocycles. The zero-order valence-electron chi connectivity index (χ0n) is 32.9. The fourth-order valence-electron chi connectivity index (χ4n) is 8.59. The molecule has 0 N–H and O–H groups in total. The summed E-state index contributed by atoms with van der Waals surface area (Å²) in [6.45, 7) is 0. The maximum Gasteiger partial charge on any atom is 0.135 e. The van der Waals surface area contributed by atoms with Crippen molar-refractivity contribution < 1.29 is 4.42 Å². The first-order valence-electron chi connectivity index (χ1n) is 20.5. The maximum absolute atomic E-state index is 6.17. The number of fused-ring (bicyclic) bond motifs is 3. The van der Waals surface area contributed by atoms with Crippen LogP contribution in [0.15, 0.2) is 241 Å². The van der Waals surface area contributed by atoms with Crippen molar-refractivity contribution >= 4 is 49.6 Å². The van der Waals surface area contributed by atoms with E-state index in [2.05, 4.69) is 223 Å². The van der Waals surface area contributed by atoms with Gasteiger partial charge in [-0.05, 0) is 109 Å². The van der Waals surface area contributed by atoms with Gasteiger partial charge in [0.2, 0.25) is 0 Å². The SMILES string of the molecule is c1cc(-c2ccc(-c3ccc(N(c4ccc(-c5ccc(-c6cccc7ccccc67)cc5)cc4)c4cccc5ccccc45)cc3)cc2)cc(-c2cc3ccccc3o2)c1. The van der Waals surface area contributed by atoms with E-state index in [-0.39, 0.29) is 0 Å². The predicted molar refractivity (Wildman–Crippen MR) is 253 cm³/mol. The van der Waals surface area contributed by atoms with Crippen molar-refractivity contribution in [3.05, 3.63) is 237 Å². The van der Waals surface area contributed by atoms with Crippen LogP contribution in [0.2, 0.25) is 0 Å². The molecule has 0 radical (unpaired) electrons. The summed E-state index contributed by atoms with van der Waals surface area (Å²) in [6.07, 6.45) is 0. The maximum atomic E-state index is 6.17. The van der Waals surface area contributed by atoms with E-state index in [4.69, 9.17) is 4.42 Å². The number of hydrogen-bond donors (Lipinski definition) is 0. The first-order chi connectivity index (χ1) is 29.7. The molecule has 0 unspecified atom stereocenters. The van der Waals surface area contributed by atoms with Gasteiger partial charge in [0.05, 0.1) is 5.69 Å². The van der Waals surface area contributed by atoms with Crippen molar-refractivity contribution in [2.45, 2.75) is 0 Å². The lowest BCUT2D eigenvalue weighted by molar-refractivity contribution is 0.631. The number of anilines is 3. The Bertz CT molecular complexity index is 3240. The zero-order chi connectivity index (χ0) is 39.8. The molecule has 0 aliphatic heterocycles. The van der Waals surface area contributed by atoms with E-state index in [0.29, 0.717) is 0 Å². The summed E-state index contributed by atoms with van der Waals surface area (Å²) in [4.78, 5) is 2.37. The third-order valence-corrected chi connectivity index (χ3v) is 11.7. The van der Waals surface area contributed by atoms with Gasteiger partial charge in [-0.3, -0.25) is 0 Å². The summed E-state index contributed by atoms with van der Waals surface area (Å²) in [5.41, 5.74) is 14.8. The number of rotatable bonds is 8. The molecule has 0 aliphatic carbocycles. The Morgan fingerprint density at radius 1 is 0.283 bits per heavy atom. The Morgan fingerprint density at radius 2 is 0.733 bits per heavy atom. The molecule has 10 aromatic carbocycles. The molecule has 2 nitrogen and oxygen atoms in total. The van der Waals surface area contributed by atoms with Crippen molar-refractivity contribution in [1.82, 2.24) is 0 Å². The fourth-order valence-corrected chi connectivity index (χ4v) is 8.59. The van der Waals surface area contributed by atoms with E-state index >= 15 is 0 Å². The monoisotopic (exact) mass is 765 g/mol. The lowest BCUT2D eigenvalue weighted by Gasteiger charge is -2.27. The second-order valence-corrected chi connectivity index (χ2v) is 15.3. The fraction of sp³-hybridized carbons (Fsp3) is 0. The quantitative estimate of drug-likeness (QED) is 0.153. The second kappa shape index (κ2) is 15.1. The predicted octanol–water partition coefficient (Wildman–Crippen LogP) is 16.5. The van der Waals surface area contributed by atoms with Gasteiger partial charge in [-0.25, -0.2) is 0 Å². The van der Waals surface area contributed by atoms with Crippen molar-refractivity contribution in [1.29, 1.82) is 0 Å². The molecular weight excluding hydrogens is 727 g/mol. The number of benzene rings is 10. The van der Waals surface area contributed by atoms with Crippen LogP contribution in [-0.2, 0) is 0 Å². The van der Waals surface area contributed by atoms with Crippen LogP contribution in [0.4, 0.5) is 17.1 Å². The number of furan rings is 1. The van der Waals surface area contributed by atoms with Crippen LogP contribution < -0.4 is 4.90 Å². The Kier molecular flexibility index (Phi) is 8.87. The summed E-state index contributed by atoms with van der Waals surface area (Å²) >= 11 is 0. The molecule has 60 heavy (non-hydrogen) atoms. The van der Waals surface area contributed by atoms with E-state index < -0.39 is 0 Å². The molecule has 0 fully saturated rings. The summed E-state index contributed by atoms with van der Waals surface area (Å²) in [6, 6.07) is 84.9. The van der Waals surface area contributed by atoms with Crippen LogP contribution in [0.1, 0.15) is 0 Å². The molecule has 282 valence electrons. The van der Waals surface area contributed by atoms with Gasteiger partial charge < -0.3 is 9.32 Å². The largest absolute Gasteiger partial charge is 0.456 e. The van der Waals surface area contributed by atoms with Crippen LogP contribution in [0.25, 0.3) is 88.3 Å². The third kappa shape index (κ3) is 6.61. The van der Waals surface area contributed by atoms with E-state index in [1.165, 1.54) is 60.5 Å². The normalized spacial score (nSPS) is 11.3. The highest BCUT2D eigenvalue weighted by atomic mass is 16.3. The first-order valence-corrected chi connectivity index (χ1v) is 20.5. The smallest absolute Gasteiger partial charge is 0.135 e. The van der Waals surface area contributed by atoms with Crippen molar-refractivity contribution in [2.24, 2.45) is 0 Å². The van der Waals surface area contributed by atoms with Crippen LogP contribution in [0.3, 0.4) is 0 Å². The van der Waals surface area contributed by atoms with Gasteiger partial charge in [-0.15, -0.1) is 0 Å². The Hall–Kier alpha value is -7.94. The minimum absolute atomic E-state index is 0.881. The zero-order valence-corrected chi connectivity index (χ0v) is 32.9. The number of para-hydroxylation sites is 1. The van der Waals surface area contributed by atoms with Crippen molar-refractivity contribution in [3.63, 3.8) is 0 Å². The van der Waals surface area contributed by atoms with Crippen LogP contribution in [-0.4, -0.2) is 0 Å². The Labute approximate surface area is 349 Å². The third-order valence-electron chi connectivity index (χ3n) is 11.7. The Balaban J connectivity index is 0.884. The minimum atomic E-state index is 0.881. The van der Waals surface area contributed by atoms with Crippen LogP contribution in [0, 0.1) is 0 Å². The summed E-state index contributed by atoms with van der Waals surface area (Å²) in [5.74, 6) is 0.881. The van der Waals surface area contributed by atoms with Crippen LogP contribution in [0.5, 0.6) is 0 Å². The van der Waals surface area contributed by atoms with Crippen molar-refractivity contribution in [3.8, 4) is 55.8 Å². The van der Waals surface area contributed by atoms with Gasteiger partial charge in [0.1, 0.15) is 11.3 Å². The molecule has 11 rings (SSSR count). The highest BCUT2D eigenvalue weighted by Gasteiger charge is 2.16. The number of nitrogens with zero attached hydrogens (tertiary/aromatic N) is 1. The molecule has 0 bridgehead atoms. The standard InChI is InChI=1S/C58H39NO/c1-4-17-53-45(10-1)13-8-19-54(53)47-28-26-41(27-29-47)43-32-36-52(37-33-43)59(56-20-9-14-46-11-2-5-18-55(46)56)51-34-30-42(31-35-51)40-22-24-44(25-23-40)48-15-7-16-49(38-48)58-39-50-12-3-6-21-57(50)60-58/h1-39H. The van der Waals surface area contributed by atoms with E-state index in [1.54, 1.807) is 0 Å². The minimum Gasteiger partial charge on any atom is -0.456 e. The molecule has 0 aliphatic rings.